The fourth-order valence-corrected chi connectivity index (χ4v) is 8.63. The van der Waals surface area contributed by atoms with Gasteiger partial charge in [-0.05, 0) is 75.6 Å². The van der Waals surface area contributed by atoms with Crippen molar-refractivity contribution in [3.63, 3.8) is 0 Å². The molecule has 0 radical (unpaired) electrons. The number of ether oxygens (including phenoxy) is 3. The van der Waals surface area contributed by atoms with Gasteiger partial charge >= 0.3 is 0 Å². The number of rotatable bonds is 14. The van der Waals surface area contributed by atoms with Crippen LogP contribution >= 0.6 is 0 Å². The summed E-state index contributed by atoms with van der Waals surface area (Å²) >= 11 is 0. The van der Waals surface area contributed by atoms with Crippen LogP contribution in [0.25, 0.3) is 22.3 Å². The first-order valence-corrected chi connectivity index (χ1v) is 22.3. The normalized spacial score (nSPS) is 17.1. The molecule has 16 nitrogen and oxygen atoms in total. The molecule has 1 amide bonds. The van der Waals surface area contributed by atoms with Crippen LogP contribution in [0, 0.1) is 18.3 Å². The van der Waals surface area contributed by atoms with E-state index in [1.165, 1.54) is 0 Å². The molecular weight excluding hydrogens is 827 g/mol. The van der Waals surface area contributed by atoms with Crippen molar-refractivity contribution in [3.8, 4) is 28.3 Å². The molecule has 3 saturated heterocycles. The fraction of sp³-hybridized carbons (Fsp3) is 0.429. The number of carbonyl (C=O) groups excluding carboxylic acids is 1. The number of nitrogens with one attached hydrogen (secondary N) is 2. The highest BCUT2D eigenvalue weighted by Crippen LogP contribution is 2.31. The van der Waals surface area contributed by atoms with Gasteiger partial charge in [-0.15, -0.1) is 0 Å². The molecular formula is C49H57N9O7. The summed E-state index contributed by atoms with van der Waals surface area (Å²) in [5, 5.41) is 26.8. The highest BCUT2D eigenvalue weighted by molar-refractivity contribution is 6.04. The lowest BCUT2D eigenvalue weighted by atomic mass is 9.85. The fourth-order valence-electron chi connectivity index (χ4n) is 8.63. The summed E-state index contributed by atoms with van der Waals surface area (Å²) < 4.78 is 20.2. The van der Waals surface area contributed by atoms with Crippen molar-refractivity contribution in [2.24, 2.45) is 7.05 Å². The van der Waals surface area contributed by atoms with Crippen molar-refractivity contribution in [3.05, 3.63) is 117 Å². The van der Waals surface area contributed by atoms with Crippen LogP contribution in [0.15, 0.2) is 82.9 Å². The van der Waals surface area contributed by atoms with Gasteiger partial charge in [0.1, 0.15) is 17.6 Å². The van der Waals surface area contributed by atoms with E-state index < -0.39 is 11.6 Å². The maximum atomic E-state index is 14.5. The number of hydrogen-bond donors (Lipinski definition) is 3. The minimum Gasteiger partial charge on any atom is -0.378 e. The van der Waals surface area contributed by atoms with Crippen molar-refractivity contribution < 1.29 is 24.1 Å². The number of hydrogen-bond acceptors (Lipinski definition) is 13. The van der Waals surface area contributed by atoms with Gasteiger partial charge < -0.3 is 48.9 Å². The lowest BCUT2D eigenvalue weighted by Crippen LogP contribution is -2.40. The van der Waals surface area contributed by atoms with E-state index in [0.29, 0.717) is 117 Å². The first kappa shape index (κ1) is 45.2. The molecule has 3 N–H and O–H groups in total. The average molecular weight is 884 g/mol. The number of morpholine rings is 2. The summed E-state index contributed by atoms with van der Waals surface area (Å²) in [6, 6.07) is 16.9. The molecule has 0 bridgehead atoms. The van der Waals surface area contributed by atoms with Crippen LogP contribution in [0.4, 0.5) is 22.7 Å². The predicted molar refractivity (Wildman–Crippen MR) is 250 cm³/mol. The van der Waals surface area contributed by atoms with E-state index in [2.05, 4.69) is 26.6 Å². The molecule has 65 heavy (non-hydrogen) atoms. The van der Waals surface area contributed by atoms with Crippen molar-refractivity contribution in [1.82, 2.24) is 19.1 Å². The Kier molecular flexibility index (Phi) is 13.8. The first-order chi connectivity index (χ1) is 31.4. The molecule has 3 aliphatic rings. The van der Waals surface area contributed by atoms with Gasteiger partial charge in [0.25, 0.3) is 17.0 Å². The van der Waals surface area contributed by atoms with E-state index in [4.69, 9.17) is 19.2 Å². The number of nitriles is 1. The molecule has 2 atom stereocenters. The number of anilines is 4. The highest BCUT2D eigenvalue weighted by atomic mass is 16.5. The molecule has 340 valence electrons. The molecule has 16 heteroatoms. The third-order valence-corrected chi connectivity index (χ3v) is 12.4. The van der Waals surface area contributed by atoms with Gasteiger partial charge in [0.05, 0.1) is 73.5 Å². The topological polar surface area (TPSA) is 189 Å². The quantitative estimate of drug-likeness (QED) is 0.123. The first-order valence-electron chi connectivity index (χ1n) is 22.3. The monoisotopic (exact) mass is 883 g/mol. The Morgan fingerprint density at radius 3 is 2.23 bits per heavy atom. The number of aliphatic hydroxyl groups excluding tert-OH is 1. The third kappa shape index (κ3) is 10.4. The van der Waals surface area contributed by atoms with Crippen LogP contribution in [0.2, 0.25) is 0 Å². The van der Waals surface area contributed by atoms with Gasteiger partial charge in [0, 0.05) is 105 Å². The smallest absolute Gasteiger partial charge is 0.274 e. The Hall–Kier alpha value is -6.38. The highest BCUT2D eigenvalue weighted by Gasteiger charge is 2.24. The second-order valence-electron chi connectivity index (χ2n) is 17.5. The summed E-state index contributed by atoms with van der Waals surface area (Å²) in [7, 11) is 1.72. The molecule has 8 rings (SSSR count). The van der Waals surface area contributed by atoms with Crippen molar-refractivity contribution in [2.75, 3.05) is 79.6 Å². The Balaban J connectivity index is 1.15. The minimum atomic E-state index is -0.820. The van der Waals surface area contributed by atoms with Gasteiger partial charge in [-0.2, -0.15) is 5.26 Å². The van der Waals surface area contributed by atoms with E-state index in [9.17, 15) is 24.8 Å². The van der Waals surface area contributed by atoms with E-state index >= 15 is 0 Å². The molecule has 0 aliphatic carbocycles. The Labute approximate surface area is 378 Å². The Bertz CT molecular complexity index is 2690. The molecule has 1 aromatic carbocycles. The van der Waals surface area contributed by atoms with E-state index in [1.807, 2.05) is 48.4 Å². The summed E-state index contributed by atoms with van der Waals surface area (Å²) in [6.45, 7) is 10.7. The zero-order valence-corrected chi connectivity index (χ0v) is 37.5. The zero-order valence-electron chi connectivity index (χ0n) is 37.5. The van der Waals surface area contributed by atoms with E-state index in [0.717, 1.165) is 35.2 Å². The second-order valence-corrected chi connectivity index (χ2v) is 17.5. The number of aliphatic hydroxyl groups is 1. The van der Waals surface area contributed by atoms with Gasteiger partial charge in [-0.3, -0.25) is 24.4 Å². The molecule has 7 heterocycles. The summed E-state index contributed by atoms with van der Waals surface area (Å²) in [6.07, 6.45) is 8.79. The number of pyridine rings is 4. The Morgan fingerprint density at radius 1 is 0.892 bits per heavy atom. The van der Waals surface area contributed by atoms with Crippen LogP contribution < -0.4 is 31.6 Å². The molecule has 1 unspecified atom stereocenters. The van der Waals surface area contributed by atoms with Crippen molar-refractivity contribution in [2.45, 2.75) is 70.7 Å². The summed E-state index contributed by atoms with van der Waals surface area (Å²) in [5.74, 6) is -0.365. The van der Waals surface area contributed by atoms with Crippen LogP contribution in [-0.2, 0) is 39.6 Å². The van der Waals surface area contributed by atoms with Crippen molar-refractivity contribution in [1.29, 1.82) is 5.26 Å². The van der Waals surface area contributed by atoms with Crippen LogP contribution in [0.5, 0.6) is 0 Å². The maximum absolute atomic E-state index is 14.5. The minimum absolute atomic E-state index is 0.00654. The largest absolute Gasteiger partial charge is 0.378 e. The van der Waals surface area contributed by atoms with Crippen LogP contribution in [-0.4, -0.2) is 102 Å². The Morgan fingerprint density at radius 2 is 1.55 bits per heavy atom. The standard InChI is InChI=1S/C49H57N9O7/c1-32-40(24-37(27-51-32)53-45(59)26-39-9-6-16-65-39)35-23-44(57-14-19-64-20-15-57)48(62)58(30-35)11-10-42-41(34-22-43(47(61)55(4)29-34)56-12-17-63-18-13-56)25-38(28-52-42)54-46(60)33-7-5-8-36(21-33)49(2,3)31-50/h5,7-8,21-25,27-30,39,45,53,59H,6,9-20,26H2,1-4H3,(H,54,60)/t39-,45?/m0/s1. The molecule has 0 spiro atoms. The average Bonchev–Trinajstić information content (AvgIpc) is 3.84. The number of carbonyl (C=O) groups is 1. The third-order valence-electron chi connectivity index (χ3n) is 12.4. The van der Waals surface area contributed by atoms with Crippen LogP contribution in [0.3, 0.4) is 0 Å². The molecule has 5 aromatic rings. The van der Waals surface area contributed by atoms with E-state index in [1.54, 1.807) is 66.8 Å². The van der Waals surface area contributed by atoms with Gasteiger partial charge in [-0.25, -0.2) is 0 Å². The SMILES string of the molecule is Cc1ncc(NC(O)C[C@@H]2CCCO2)cc1-c1cc(N2CCOCC2)c(=O)n(CCc2ncc(NC(=O)c3cccc(C(C)(C)C#N)c3)cc2-c2cc(N3CCOCC3)c(=O)n(C)c2)c1. The summed E-state index contributed by atoms with van der Waals surface area (Å²) in [4.78, 5) is 55.5. The molecule has 0 saturated carbocycles. The van der Waals surface area contributed by atoms with E-state index in [-0.39, 0.29) is 29.7 Å². The predicted octanol–water partition coefficient (Wildman–Crippen LogP) is 5.25. The van der Waals surface area contributed by atoms with Gasteiger partial charge in [0.15, 0.2) is 0 Å². The number of aryl methyl sites for hydroxylation is 4. The second kappa shape index (κ2) is 19.8. The maximum Gasteiger partial charge on any atom is 0.274 e. The molecule has 4 aromatic heterocycles. The number of benzene rings is 1. The van der Waals surface area contributed by atoms with Gasteiger partial charge in [0.2, 0.25) is 0 Å². The zero-order chi connectivity index (χ0) is 45.7. The number of nitrogens with zero attached hydrogens (tertiary/aromatic N) is 7. The lowest BCUT2D eigenvalue weighted by Gasteiger charge is -2.29. The van der Waals surface area contributed by atoms with Gasteiger partial charge in [-0.1, -0.05) is 12.1 Å². The molecule has 3 aliphatic heterocycles. The lowest BCUT2D eigenvalue weighted by molar-refractivity contribution is 0.0635. The summed E-state index contributed by atoms with van der Waals surface area (Å²) in [5.41, 5.74) is 6.60. The van der Waals surface area contributed by atoms with Crippen molar-refractivity contribution >= 4 is 28.7 Å². The molecule has 3 fully saturated rings. The number of aromatic nitrogens is 4. The van der Waals surface area contributed by atoms with Crippen LogP contribution in [0.1, 0.15) is 60.4 Å². The number of amides is 1.